The van der Waals surface area contributed by atoms with Gasteiger partial charge in [0.2, 0.25) is 5.91 Å². The van der Waals surface area contributed by atoms with Crippen molar-refractivity contribution in [2.45, 2.75) is 32.2 Å². The molecule has 0 aliphatic carbocycles. The van der Waals surface area contributed by atoms with Gasteiger partial charge in [-0.3, -0.25) is 4.79 Å². The molecule has 0 bridgehead atoms. The van der Waals surface area contributed by atoms with E-state index in [4.69, 9.17) is 4.74 Å². The van der Waals surface area contributed by atoms with Crippen molar-refractivity contribution in [2.24, 2.45) is 0 Å². The molecule has 0 saturated carbocycles. The first-order valence-corrected chi connectivity index (χ1v) is 9.86. The molecule has 6 nitrogen and oxygen atoms in total. The lowest BCUT2D eigenvalue weighted by Gasteiger charge is -2.32. The quantitative estimate of drug-likeness (QED) is 0.769. The largest absolute Gasteiger partial charge is 0.450 e. The van der Waals surface area contributed by atoms with Gasteiger partial charge in [-0.2, -0.15) is 0 Å². The molecule has 0 atom stereocenters. The van der Waals surface area contributed by atoms with Crippen LogP contribution in [0.1, 0.15) is 25.3 Å². The molecule has 3 rings (SSSR count). The van der Waals surface area contributed by atoms with Gasteiger partial charge in [-0.1, -0.05) is 12.1 Å². The molecule has 1 fully saturated rings. The second kappa shape index (κ2) is 9.91. The number of anilines is 2. The average Bonchev–Trinajstić information content (AvgIpc) is 2.72. The molecule has 7 heteroatoms. The van der Waals surface area contributed by atoms with Crippen molar-refractivity contribution in [3.05, 3.63) is 59.9 Å². The first-order valence-electron chi connectivity index (χ1n) is 9.86. The van der Waals surface area contributed by atoms with Crippen molar-refractivity contribution >= 4 is 23.4 Å². The number of halogens is 1. The number of ether oxygens (including phenoxy) is 1. The predicted octanol–water partition coefficient (Wildman–Crippen LogP) is 4.04. The van der Waals surface area contributed by atoms with Gasteiger partial charge in [0.25, 0.3) is 0 Å². The smallest absolute Gasteiger partial charge is 0.409 e. The van der Waals surface area contributed by atoms with Gasteiger partial charge < -0.3 is 20.3 Å². The molecule has 2 aromatic carbocycles. The number of carbonyl (C=O) groups excluding carboxylic acids is 2. The van der Waals surface area contributed by atoms with Crippen molar-refractivity contribution in [2.75, 3.05) is 30.3 Å². The predicted molar refractivity (Wildman–Crippen MR) is 110 cm³/mol. The summed E-state index contributed by atoms with van der Waals surface area (Å²) in [6, 6.07) is 13.7. The van der Waals surface area contributed by atoms with E-state index in [0.717, 1.165) is 24.1 Å². The molecule has 2 amide bonds. The fourth-order valence-electron chi connectivity index (χ4n) is 3.30. The van der Waals surface area contributed by atoms with Crippen LogP contribution >= 0.6 is 0 Å². The Morgan fingerprint density at radius 3 is 2.28 bits per heavy atom. The minimum Gasteiger partial charge on any atom is -0.450 e. The number of carbonyl (C=O) groups is 2. The lowest BCUT2D eigenvalue weighted by Crippen LogP contribution is -2.42. The highest BCUT2D eigenvalue weighted by Gasteiger charge is 2.23. The van der Waals surface area contributed by atoms with Gasteiger partial charge in [-0.05, 0) is 61.7 Å². The van der Waals surface area contributed by atoms with Crippen LogP contribution < -0.4 is 10.6 Å². The molecule has 1 aliphatic rings. The SMILES string of the molecule is CCOC(=O)N1CCC(Nc2ccc(NC(=O)Cc3ccc(F)cc3)cc2)CC1. The second-order valence-electron chi connectivity index (χ2n) is 7.03. The fraction of sp³-hybridized carbons (Fsp3) is 0.364. The van der Waals surface area contributed by atoms with E-state index in [1.807, 2.05) is 24.3 Å². The van der Waals surface area contributed by atoms with Gasteiger partial charge in [0.1, 0.15) is 5.82 Å². The molecule has 1 aliphatic heterocycles. The fourth-order valence-corrected chi connectivity index (χ4v) is 3.30. The Kier molecular flexibility index (Phi) is 7.05. The minimum absolute atomic E-state index is 0.149. The van der Waals surface area contributed by atoms with Gasteiger partial charge in [0.15, 0.2) is 0 Å². The minimum atomic E-state index is -0.316. The maximum absolute atomic E-state index is 12.9. The van der Waals surface area contributed by atoms with Crippen molar-refractivity contribution in [3.63, 3.8) is 0 Å². The Labute approximate surface area is 170 Å². The summed E-state index contributed by atoms with van der Waals surface area (Å²) in [6.07, 6.45) is 1.66. The standard InChI is InChI=1S/C22H26FN3O3/c1-2-29-22(28)26-13-11-20(12-14-26)24-18-7-9-19(10-8-18)25-21(27)15-16-3-5-17(23)6-4-16/h3-10,20,24H,2,11-15H2,1H3,(H,25,27). The van der Waals surface area contributed by atoms with Gasteiger partial charge in [-0.15, -0.1) is 0 Å². The molecular weight excluding hydrogens is 373 g/mol. The number of hydrogen-bond acceptors (Lipinski definition) is 4. The van der Waals surface area contributed by atoms with Crippen LogP contribution in [0, 0.1) is 5.82 Å². The summed E-state index contributed by atoms with van der Waals surface area (Å²) in [5, 5.41) is 6.32. The molecule has 1 heterocycles. The van der Waals surface area contributed by atoms with Crippen LogP contribution in [0.2, 0.25) is 0 Å². The highest BCUT2D eigenvalue weighted by Crippen LogP contribution is 2.19. The molecule has 154 valence electrons. The summed E-state index contributed by atoms with van der Waals surface area (Å²) < 4.78 is 18.0. The molecule has 0 unspecified atom stereocenters. The summed E-state index contributed by atoms with van der Waals surface area (Å²) in [7, 11) is 0. The molecule has 1 saturated heterocycles. The summed E-state index contributed by atoms with van der Waals surface area (Å²) in [5.74, 6) is -0.465. The molecule has 0 radical (unpaired) electrons. The molecular formula is C22H26FN3O3. The lowest BCUT2D eigenvalue weighted by molar-refractivity contribution is -0.115. The van der Waals surface area contributed by atoms with Crippen LogP contribution in [0.25, 0.3) is 0 Å². The maximum atomic E-state index is 12.9. The zero-order valence-electron chi connectivity index (χ0n) is 16.5. The summed E-state index contributed by atoms with van der Waals surface area (Å²) >= 11 is 0. The van der Waals surface area contributed by atoms with Crippen molar-refractivity contribution in [3.8, 4) is 0 Å². The van der Waals surface area contributed by atoms with Crippen molar-refractivity contribution in [1.29, 1.82) is 0 Å². The average molecular weight is 399 g/mol. The number of amides is 2. The van der Waals surface area contributed by atoms with Crippen LogP contribution in [0.5, 0.6) is 0 Å². The third-order valence-corrected chi connectivity index (χ3v) is 4.84. The van der Waals surface area contributed by atoms with E-state index in [-0.39, 0.29) is 24.2 Å². The van der Waals surface area contributed by atoms with E-state index in [1.165, 1.54) is 12.1 Å². The number of nitrogens with zero attached hydrogens (tertiary/aromatic N) is 1. The highest BCUT2D eigenvalue weighted by atomic mass is 19.1. The first-order chi connectivity index (χ1) is 14.0. The summed E-state index contributed by atoms with van der Waals surface area (Å²) in [6.45, 7) is 3.55. The highest BCUT2D eigenvalue weighted by molar-refractivity contribution is 5.92. The summed E-state index contributed by atoms with van der Waals surface area (Å²) in [5.41, 5.74) is 2.44. The number of hydrogen-bond donors (Lipinski definition) is 2. The Balaban J connectivity index is 1.45. The molecule has 0 spiro atoms. The van der Waals surface area contributed by atoms with Crippen LogP contribution in [0.15, 0.2) is 48.5 Å². The molecule has 29 heavy (non-hydrogen) atoms. The van der Waals surface area contributed by atoms with E-state index in [1.54, 1.807) is 24.0 Å². The van der Waals surface area contributed by atoms with Gasteiger partial charge in [-0.25, -0.2) is 9.18 Å². The molecule has 0 aromatic heterocycles. The topological polar surface area (TPSA) is 70.7 Å². The second-order valence-corrected chi connectivity index (χ2v) is 7.03. The van der Waals surface area contributed by atoms with Crippen LogP contribution in [-0.2, 0) is 16.0 Å². The third kappa shape index (κ3) is 6.20. The number of piperidine rings is 1. The monoisotopic (exact) mass is 399 g/mol. The van der Waals surface area contributed by atoms with Gasteiger partial charge >= 0.3 is 6.09 Å². The Morgan fingerprint density at radius 2 is 1.66 bits per heavy atom. The zero-order chi connectivity index (χ0) is 20.6. The van der Waals surface area contributed by atoms with Crippen LogP contribution in [-0.4, -0.2) is 42.6 Å². The lowest BCUT2D eigenvalue weighted by atomic mass is 10.0. The molecule has 2 N–H and O–H groups in total. The van der Waals surface area contributed by atoms with Gasteiger partial charge in [0.05, 0.1) is 13.0 Å². The first kappa shape index (κ1) is 20.6. The zero-order valence-corrected chi connectivity index (χ0v) is 16.5. The van der Waals surface area contributed by atoms with E-state index in [0.29, 0.717) is 31.4 Å². The Morgan fingerprint density at radius 1 is 1.03 bits per heavy atom. The van der Waals surface area contributed by atoms with Crippen LogP contribution in [0.4, 0.5) is 20.6 Å². The van der Waals surface area contributed by atoms with Crippen molar-refractivity contribution < 1.29 is 18.7 Å². The number of benzene rings is 2. The number of likely N-dealkylation sites (tertiary alicyclic amines) is 1. The molecule has 2 aromatic rings. The number of nitrogens with one attached hydrogen (secondary N) is 2. The Hall–Kier alpha value is -3.09. The van der Waals surface area contributed by atoms with Crippen molar-refractivity contribution in [1.82, 2.24) is 4.90 Å². The normalized spacial score (nSPS) is 14.3. The number of rotatable bonds is 6. The van der Waals surface area contributed by atoms with E-state index in [9.17, 15) is 14.0 Å². The van der Waals surface area contributed by atoms with Gasteiger partial charge in [0, 0.05) is 30.5 Å². The maximum Gasteiger partial charge on any atom is 0.409 e. The Bertz CT molecular complexity index is 816. The third-order valence-electron chi connectivity index (χ3n) is 4.84. The van der Waals surface area contributed by atoms with Crippen LogP contribution in [0.3, 0.4) is 0 Å². The van der Waals surface area contributed by atoms with E-state index in [2.05, 4.69) is 10.6 Å². The van der Waals surface area contributed by atoms with E-state index >= 15 is 0 Å². The van der Waals surface area contributed by atoms with E-state index < -0.39 is 0 Å². The summed E-state index contributed by atoms with van der Waals surface area (Å²) in [4.78, 5) is 25.6.